The quantitative estimate of drug-likeness (QED) is 0.0895. The van der Waals surface area contributed by atoms with Crippen LogP contribution in [0.1, 0.15) is 51.5 Å². The Balaban J connectivity index is 2.19. The Hall–Kier alpha value is -3.87. The minimum absolute atomic E-state index is 0.0281. The molecule has 13 heteroatoms. The van der Waals surface area contributed by atoms with E-state index in [-0.39, 0.29) is 30.6 Å². The molecule has 1 heterocycles. The number of carbonyl (C=O) groups is 4. The lowest BCUT2D eigenvalue weighted by Gasteiger charge is -2.29. The number of nitrogens with zero attached hydrogens (tertiary/aromatic N) is 2. The molecule has 10 N–H and O–H groups in total. The predicted octanol–water partition coefficient (Wildman–Crippen LogP) is -0.593. The minimum Gasteiger partial charge on any atom is -0.508 e. The maximum absolute atomic E-state index is 13.5. The molecule has 4 unspecified atom stereocenters. The number of phenols is 1. The molecule has 0 aromatic heterocycles. The van der Waals surface area contributed by atoms with Crippen LogP contribution in [0.15, 0.2) is 29.3 Å². The molecular formula is C26H41N7O6. The molecule has 3 amide bonds. The van der Waals surface area contributed by atoms with Crippen molar-refractivity contribution in [1.82, 2.24) is 15.5 Å². The summed E-state index contributed by atoms with van der Waals surface area (Å²) in [5.74, 6) is -2.70. The van der Waals surface area contributed by atoms with Gasteiger partial charge in [-0.15, -0.1) is 0 Å². The maximum Gasteiger partial charge on any atom is 0.326 e. The van der Waals surface area contributed by atoms with Crippen LogP contribution < -0.4 is 27.8 Å². The van der Waals surface area contributed by atoms with Crippen molar-refractivity contribution in [2.24, 2.45) is 28.1 Å². The topological polar surface area (TPSA) is 226 Å². The maximum atomic E-state index is 13.5. The zero-order chi connectivity index (χ0) is 29.1. The number of guanidine groups is 1. The van der Waals surface area contributed by atoms with E-state index in [2.05, 4.69) is 15.6 Å². The number of carboxylic acids is 1. The number of aliphatic imine (C=N–C) groups is 1. The largest absolute Gasteiger partial charge is 0.508 e. The number of nitrogens with two attached hydrogens (primary N) is 3. The zero-order valence-electron chi connectivity index (χ0n) is 22.5. The van der Waals surface area contributed by atoms with E-state index in [9.17, 15) is 29.4 Å². The second-order valence-corrected chi connectivity index (χ2v) is 10.2. The van der Waals surface area contributed by atoms with Gasteiger partial charge in [0, 0.05) is 19.5 Å². The number of benzene rings is 1. The minimum atomic E-state index is -1.10. The Morgan fingerprint density at radius 2 is 1.72 bits per heavy atom. The van der Waals surface area contributed by atoms with Crippen LogP contribution in [0, 0.1) is 5.92 Å². The fourth-order valence-electron chi connectivity index (χ4n) is 4.46. The standard InChI is InChI=1S/C26H41N7O6/c1-15(2)13-19(31-22(35)18(27)5-3-11-30-26(28)29)23(36)32-20(14-16-7-9-17(34)10-8-16)24(37)33-12-4-6-21(33)25(38)39/h7-10,15,18-21,34H,3-6,11-14,27H2,1-2H3,(H,31,35)(H,32,36)(H,38,39)(H4,28,29,30). The normalized spacial score (nSPS) is 17.2. The van der Waals surface area contributed by atoms with E-state index in [0.29, 0.717) is 44.2 Å². The van der Waals surface area contributed by atoms with Crippen molar-refractivity contribution >= 4 is 29.7 Å². The summed E-state index contributed by atoms with van der Waals surface area (Å²) in [5, 5.41) is 24.6. The van der Waals surface area contributed by atoms with Gasteiger partial charge in [0.05, 0.1) is 6.04 Å². The molecule has 0 bridgehead atoms. The summed E-state index contributed by atoms with van der Waals surface area (Å²) in [5.41, 5.74) is 17.3. The molecule has 0 aliphatic carbocycles. The summed E-state index contributed by atoms with van der Waals surface area (Å²) in [4.78, 5) is 56.5. The van der Waals surface area contributed by atoms with Crippen LogP contribution in [-0.4, -0.2) is 82.0 Å². The van der Waals surface area contributed by atoms with Gasteiger partial charge in [-0.05, 0) is 55.7 Å². The number of aromatic hydroxyl groups is 1. The number of nitrogens with one attached hydrogen (secondary N) is 2. The van der Waals surface area contributed by atoms with Crippen molar-refractivity contribution in [3.63, 3.8) is 0 Å². The number of hydrogen-bond donors (Lipinski definition) is 7. The lowest BCUT2D eigenvalue weighted by molar-refractivity contribution is -0.149. The van der Waals surface area contributed by atoms with E-state index in [1.165, 1.54) is 17.0 Å². The highest BCUT2D eigenvalue weighted by molar-refractivity contribution is 5.94. The third-order valence-electron chi connectivity index (χ3n) is 6.46. The van der Waals surface area contributed by atoms with Crippen LogP contribution in [0.25, 0.3) is 0 Å². The zero-order valence-corrected chi connectivity index (χ0v) is 22.5. The Morgan fingerprint density at radius 1 is 1.08 bits per heavy atom. The summed E-state index contributed by atoms with van der Waals surface area (Å²) in [6.45, 7) is 4.36. The molecule has 0 spiro atoms. The van der Waals surface area contributed by atoms with Crippen molar-refractivity contribution in [2.45, 2.75) is 76.5 Å². The number of amides is 3. The van der Waals surface area contributed by atoms with Gasteiger partial charge in [-0.3, -0.25) is 19.4 Å². The van der Waals surface area contributed by atoms with Gasteiger partial charge in [0.15, 0.2) is 5.96 Å². The van der Waals surface area contributed by atoms with E-state index >= 15 is 0 Å². The fourth-order valence-corrected chi connectivity index (χ4v) is 4.46. The van der Waals surface area contributed by atoms with Crippen LogP contribution in [0.3, 0.4) is 0 Å². The number of likely N-dealkylation sites (tertiary alicyclic amines) is 1. The summed E-state index contributed by atoms with van der Waals surface area (Å²) in [6, 6.07) is 2.25. The first-order valence-electron chi connectivity index (χ1n) is 13.1. The first kappa shape index (κ1) is 31.3. The highest BCUT2D eigenvalue weighted by atomic mass is 16.4. The highest BCUT2D eigenvalue weighted by Crippen LogP contribution is 2.20. The molecule has 1 saturated heterocycles. The molecule has 1 aliphatic heterocycles. The summed E-state index contributed by atoms with van der Waals surface area (Å²) >= 11 is 0. The van der Waals surface area contributed by atoms with Crippen molar-refractivity contribution < 1.29 is 29.4 Å². The van der Waals surface area contributed by atoms with Crippen LogP contribution in [0.5, 0.6) is 5.75 Å². The van der Waals surface area contributed by atoms with Crippen molar-refractivity contribution in [1.29, 1.82) is 0 Å². The average Bonchev–Trinajstić information content (AvgIpc) is 3.36. The Bertz CT molecular complexity index is 1030. The molecule has 216 valence electrons. The van der Waals surface area contributed by atoms with Gasteiger partial charge in [-0.25, -0.2) is 4.79 Å². The molecule has 4 atom stereocenters. The molecule has 39 heavy (non-hydrogen) atoms. The molecule has 0 radical (unpaired) electrons. The van der Waals surface area contributed by atoms with Gasteiger partial charge in [-0.1, -0.05) is 26.0 Å². The number of hydrogen-bond acceptors (Lipinski definition) is 7. The molecule has 1 aliphatic rings. The van der Waals surface area contributed by atoms with Gasteiger partial charge in [0.1, 0.15) is 23.9 Å². The average molecular weight is 548 g/mol. The second-order valence-electron chi connectivity index (χ2n) is 10.2. The molecule has 13 nitrogen and oxygen atoms in total. The Morgan fingerprint density at radius 3 is 2.31 bits per heavy atom. The van der Waals surface area contributed by atoms with Crippen LogP contribution in [0.4, 0.5) is 0 Å². The summed E-state index contributed by atoms with van der Waals surface area (Å²) < 4.78 is 0. The van der Waals surface area contributed by atoms with Crippen LogP contribution >= 0.6 is 0 Å². The lowest BCUT2D eigenvalue weighted by atomic mass is 10.00. The van der Waals surface area contributed by atoms with Crippen molar-refractivity contribution in [2.75, 3.05) is 13.1 Å². The third kappa shape index (κ3) is 10.1. The van der Waals surface area contributed by atoms with Crippen LogP contribution in [0.2, 0.25) is 0 Å². The molecule has 1 fully saturated rings. The number of carboxylic acid groups (broad SMARTS) is 1. The fraction of sp³-hybridized carbons (Fsp3) is 0.577. The van der Waals surface area contributed by atoms with E-state index in [4.69, 9.17) is 17.2 Å². The molecule has 2 rings (SSSR count). The molecule has 1 aromatic rings. The first-order chi connectivity index (χ1) is 18.4. The van der Waals surface area contributed by atoms with Gasteiger partial charge < -0.3 is 42.9 Å². The van der Waals surface area contributed by atoms with Gasteiger partial charge in [-0.2, -0.15) is 0 Å². The third-order valence-corrected chi connectivity index (χ3v) is 6.46. The van der Waals surface area contributed by atoms with E-state index in [1.807, 2.05) is 13.8 Å². The number of rotatable bonds is 14. The number of carbonyl (C=O) groups excluding carboxylic acids is 3. The van der Waals surface area contributed by atoms with Crippen molar-refractivity contribution in [3.05, 3.63) is 29.8 Å². The predicted molar refractivity (Wildman–Crippen MR) is 145 cm³/mol. The lowest BCUT2D eigenvalue weighted by Crippen LogP contribution is -2.57. The van der Waals surface area contributed by atoms with E-state index < -0.39 is 47.9 Å². The number of phenolic OH excluding ortho intramolecular Hbond substituents is 1. The molecule has 0 saturated carbocycles. The molecular weight excluding hydrogens is 506 g/mol. The first-order valence-corrected chi connectivity index (χ1v) is 13.1. The SMILES string of the molecule is CC(C)CC(NC(=O)C(N)CCCN=C(N)N)C(=O)NC(Cc1ccc(O)cc1)C(=O)N1CCCC1C(=O)O. The Labute approximate surface area is 228 Å². The van der Waals surface area contributed by atoms with Crippen molar-refractivity contribution in [3.8, 4) is 5.75 Å². The second kappa shape index (κ2) is 14.9. The van der Waals surface area contributed by atoms with E-state index in [0.717, 1.165) is 0 Å². The summed E-state index contributed by atoms with van der Waals surface area (Å²) in [7, 11) is 0. The van der Waals surface area contributed by atoms with Crippen LogP contribution in [-0.2, 0) is 25.6 Å². The Kier molecular flexibility index (Phi) is 12.0. The van der Waals surface area contributed by atoms with Gasteiger partial charge in [0.2, 0.25) is 17.7 Å². The molecule has 1 aromatic carbocycles. The van der Waals surface area contributed by atoms with Gasteiger partial charge in [0.25, 0.3) is 0 Å². The smallest absolute Gasteiger partial charge is 0.326 e. The van der Waals surface area contributed by atoms with E-state index in [1.54, 1.807) is 12.1 Å². The number of aliphatic carboxylic acids is 1. The highest BCUT2D eigenvalue weighted by Gasteiger charge is 2.38. The summed E-state index contributed by atoms with van der Waals surface area (Å²) in [6.07, 6.45) is 1.99. The monoisotopic (exact) mass is 547 g/mol. The van der Waals surface area contributed by atoms with Gasteiger partial charge >= 0.3 is 5.97 Å².